The van der Waals surface area contributed by atoms with Gasteiger partial charge in [-0.1, -0.05) is 18.2 Å². The summed E-state index contributed by atoms with van der Waals surface area (Å²) >= 11 is 0. The SMILES string of the molecule is CN(CC(=O)N1CCOC[C@@H]1CC(=O)N1CCCOCC1)c1ccccc1. The first-order valence-electron chi connectivity index (χ1n) is 9.64. The molecule has 2 saturated heterocycles. The summed E-state index contributed by atoms with van der Waals surface area (Å²) in [7, 11) is 1.91. The van der Waals surface area contributed by atoms with Crippen molar-refractivity contribution in [2.75, 3.05) is 64.6 Å². The van der Waals surface area contributed by atoms with E-state index in [0.717, 1.165) is 18.7 Å². The van der Waals surface area contributed by atoms with E-state index in [2.05, 4.69) is 0 Å². The Morgan fingerprint density at radius 3 is 2.63 bits per heavy atom. The van der Waals surface area contributed by atoms with Gasteiger partial charge in [-0.05, 0) is 18.6 Å². The normalized spacial score (nSPS) is 20.9. The van der Waals surface area contributed by atoms with E-state index in [9.17, 15) is 9.59 Å². The Morgan fingerprint density at radius 1 is 1.04 bits per heavy atom. The minimum absolute atomic E-state index is 0.0293. The first-order valence-corrected chi connectivity index (χ1v) is 9.64. The molecule has 0 spiro atoms. The number of ether oxygens (including phenoxy) is 2. The molecule has 0 saturated carbocycles. The third kappa shape index (κ3) is 5.43. The van der Waals surface area contributed by atoms with E-state index in [4.69, 9.17) is 9.47 Å². The number of likely N-dealkylation sites (N-methyl/N-ethyl adjacent to an activating group) is 1. The molecule has 0 radical (unpaired) electrons. The minimum atomic E-state index is -0.202. The fourth-order valence-corrected chi connectivity index (χ4v) is 3.55. The van der Waals surface area contributed by atoms with Gasteiger partial charge >= 0.3 is 0 Å². The summed E-state index contributed by atoms with van der Waals surface area (Å²) in [6.45, 7) is 4.37. The summed E-state index contributed by atoms with van der Waals surface area (Å²) in [4.78, 5) is 31.2. The molecule has 0 aromatic heterocycles. The fourth-order valence-electron chi connectivity index (χ4n) is 3.55. The number of carbonyl (C=O) groups is 2. The minimum Gasteiger partial charge on any atom is -0.380 e. The molecule has 1 aromatic rings. The van der Waals surface area contributed by atoms with Gasteiger partial charge in [-0.2, -0.15) is 0 Å². The molecule has 27 heavy (non-hydrogen) atoms. The fraction of sp³-hybridized carbons (Fsp3) is 0.600. The lowest BCUT2D eigenvalue weighted by molar-refractivity contribution is -0.142. The molecule has 2 aliphatic rings. The third-order valence-electron chi connectivity index (χ3n) is 5.10. The van der Waals surface area contributed by atoms with Crippen molar-refractivity contribution >= 4 is 17.5 Å². The van der Waals surface area contributed by atoms with Crippen LogP contribution in [0.3, 0.4) is 0 Å². The van der Waals surface area contributed by atoms with Gasteiger partial charge in [0.15, 0.2) is 0 Å². The molecule has 1 atom stereocenters. The molecule has 7 nitrogen and oxygen atoms in total. The molecule has 0 N–H and O–H groups in total. The average Bonchev–Trinajstić information content (AvgIpc) is 2.98. The summed E-state index contributed by atoms with van der Waals surface area (Å²) in [5.74, 6) is 0.104. The van der Waals surface area contributed by atoms with Gasteiger partial charge in [0.2, 0.25) is 11.8 Å². The monoisotopic (exact) mass is 375 g/mol. The van der Waals surface area contributed by atoms with Gasteiger partial charge in [0, 0.05) is 45.4 Å². The lowest BCUT2D eigenvalue weighted by Gasteiger charge is -2.37. The number of anilines is 1. The number of amides is 2. The predicted octanol–water partition coefficient (Wildman–Crippen LogP) is 0.989. The van der Waals surface area contributed by atoms with Gasteiger partial charge in [-0.3, -0.25) is 9.59 Å². The third-order valence-corrected chi connectivity index (χ3v) is 5.10. The van der Waals surface area contributed by atoms with Crippen molar-refractivity contribution in [3.63, 3.8) is 0 Å². The second kappa shape index (κ2) is 9.71. The molecule has 0 bridgehead atoms. The number of rotatable bonds is 5. The highest BCUT2D eigenvalue weighted by Gasteiger charge is 2.31. The molecule has 1 aromatic carbocycles. The van der Waals surface area contributed by atoms with Crippen LogP contribution in [-0.4, -0.2) is 87.3 Å². The molecule has 2 amide bonds. The first kappa shape index (κ1) is 19.6. The van der Waals surface area contributed by atoms with Gasteiger partial charge in [0.1, 0.15) is 0 Å². The van der Waals surface area contributed by atoms with E-state index in [1.165, 1.54) is 0 Å². The number of morpholine rings is 1. The van der Waals surface area contributed by atoms with Crippen LogP contribution in [0.2, 0.25) is 0 Å². The van der Waals surface area contributed by atoms with Gasteiger partial charge in [0.25, 0.3) is 0 Å². The largest absolute Gasteiger partial charge is 0.380 e. The smallest absolute Gasteiger partial charge is 0.242 e. The molecule has 148 valence electrons. The van der Waals surface area contributed by atoms with Crippen LogP contribution in [0.25, 0.3) is 0 Å². The number of hydrogen-bond donors (Lipinski definition) is 0. The van der Waals surface area contributed by atoms with E-state index in [1.54, 1.807) is 0 Å². The second-order valence-corrected chi connectivity index (χ2v) is 7.06. The van der Waals surface area contributed by atoms with Gasteiger partial charge < -0.3 is 24.2 Å². The highest BCUT2D eigenvalue weighted by atomic mass is 16.5. The van der Waals surface area contributed by atoms with Gasteiger partial charge in [-0.15, -0.1) is 0 Å². The maximum atomic E-state index is 12.9. The van der Waals surface area contributed by atoms with Crippen LogP contribution in [-0.2, 0) is 19.1 Å². The molecule has 0 unspecified atom stereocenters. The Morgan fingerprint density at radius 2 is 1.81 bits per heavy atom. The summed E-state index contributed by atoms with van der Waals surface area (Å²) in [5.41, 5.74) is 0.997. The van der Waals surface area contributed by atoms with E-state index in [-0.39, 0.29) is 24.4 Å². The summed E-state index contributed by atoms with van der Waals surface area (Å²) in [5, 5.41) is 0. The summed E-state index contributed by atoms with van der Waals surface area (Å²) < 4.78 is 11.0. The quantitative estimate of drug-likeness (QED) is 0.768. The van der Waals surface area contributed by atoms with Crippen molar-refractivity contribution in [1.82, 2.24) is 9.80 Å². The summed E-state index contributed by atoms with van der Waals surface area (Å²) in [6.07, 6.45) is 1.16. The molecule has 2 aliphatic heterocycles. The Hall–Kier alpha value is -2.12. The zero-order chi connectivity index (χ0) is 19.1. The zero-order valence-electron chi connectivity index (χ0n) is 16.0. The predicted molar refractivity (Wildman–Crippen MR) is 103 cm³/mol. The zero-order valence-corrected chi connectivity index (χ0v) is 16.0. The number of hydrogen-bond acceptors (Lipinski definition) is 5. The van der Waals surface area contributed by atoms with Gasteiger partial charge in [-0.25, -0.2) is 0 Å². The second-order valence-electron chi connectivity index (χ2n) is 7.06. The van der Waals surface area contributed by atoms with Crippen LogP contribution < -0.4 is 4.90 Å². The molecule has 2 heterocycles. The molecular weight excluding hydrogens is 346 g/mol. The Kier molecular flexibility index (Phi) is 7.06. The van der Waals surface area contributed by atoms with Crippen LogP contribution in [0.15, 0.2) is 30.3 Å². The molecule has 3 rings (SSSR count). The topological polar surface area (TPSA) is 62.3 Å². The van der Waals surface area contributed by atoms with E-state index >= 15 is 0 Å². The van der Waals surface area contributed by atoms with E-state index in [0.29, 0.717) is 45.9 Å². The number of para-hydroxylation sites is 1. The molecule has 7 heteroatoms. The van der Waals surface area contributed by atoms with E-state index in [1.807, 2.05) is 52.1 Å². The van der Waals surface area contributed by atoms with Crippen LogP contribution >= 0.6 is 0 Å². The Labute approximate surface area is 160 Å². The van der Waals surface area contributed by atoms with Crippen molar-refractivity contribution in [3.05, 3.63) is 30.3 Å². The van der Waals surface area contributed by atoms with Crippen LogP contribution in [0.5, 0.6) is 0 Å². The maximum absolute atomic E-state index is 12.9. The molecule has 0 aliphatic carbocycles. The molecule has 2 fully saturated rings. The van der Waals surface area contributed by atoms with Crippen molar-refractivity contribution in [2.45, 2.75) is 18.9 Å². The van der Waals surface area contributed by atoms with Crippen molar-refractivity contribution in [3.8, 4) is 0 Å². The van der Waals surface area contributed by atoms with Crippen molar-refractivity contribution in [2.24, 2.45) is 0 Å². The Balaban J connectivity index is 1.58. The highest BCUT2D eigenvalue weighted by Crippen LogP contribution is 2.16. The summed E-state index contributed by atoms with van der Waals surface area (Å²) in [6, 6.07) is 9.63. The lowest BCUT2D eigenvalue weighted by atomic mass is 10.1. The average molecular weight is 375 g/mol. The van der Waals surface area contributed by atoms with Crippen LogP contribution in [0, 0.1) is 0 Å². The first-order chi connectivity index (χ1) is 13.1. The number of nitrogens with zero attached hydrogens (tertiary/aromatic N) is 3. The highest BCUT2D eigenvalue weighted by molar-refractivity contribution is 5.83. The van der Waals surface area contributed by atoms with Gasteiger partial charge in [0.05, 0.1) is 32.4 Å². The Bertz CT molecular complexity index is 617. The van der Waals surface area contributed by atoms with Crippen LogP contribution in [0.1, 0.15) is 12.8 Å². The van der Waals surface area contributed by atoms with Crippen LogP contribution in [0.4, 0.5) is 5.69 Å². The number of benzene rings is 1. The standard InChI is InChI=1S/C20H29N3O4/c1-21(17-6-3-2-4-7-17)15-20(25)23-10-13-27-16-18(23)14-19(24)22-8-5-11-26-12-9-22/h2-4,6-7,18H,5,8-16H2,1H3/t18-/m0/s1. The maximum Gasteiger partial charge on any atom is 0.242 e. The van der Waals surface area contributed by atoms with Crippen molar-refractivity contribution < 1.29 is 19.1 Å². The molecular formula is C20H29N3O4. The van der Waals surface area contributed by atoms with E-state index < -0.39 is 0 Å². The van der Waals surface area contributed by atoms with Crippen molar-refractivity contribution in [1.29, 1.82) is 0 Å². The lowest BCUT2D eigenvalue weighted by Crippen LogP contribution is -2.53. The number of carbonyl (C=O) groups excluding carboxylic acids is 2.